The lowest BCUT2D eigenvalue weighted by Crippen LogP contribution is -2.66. The summed E-state index contributed by atoms with van der Waals surface area (Å²) in [4.78, 5) is 13.5. The number of amides is 1. The van der Waals surface area contributed by atoms with Crippen LogP contribution in [0.1, 0.15) is 373 Å². The lowest BCUT2D eigenvalue weighted by Gasteiger charge is -2.48. The zero-order valence-corrected chi connectivity index (χ0v) is 71.1. The summed E-state index contributed by atoms with van der Waals surface area (Å²) in [5, 5.41) is 121. The van der Waals surface area contributed by atoms with E-state index in [1.165, 1.54) is 263 Å². The minimum Gasteiger partial charge on any atom is -0.394 e. The molecule has 0 aromatic carbocycles. The molecule has 3 heterocycles. The molecule has 17 atom stereocenters. The third kappa shape index (κ3) is 51.3. The summed E-state index contributed by atoms with van der Waals surface area (Å²) in [5.41, 5.74) is 0. The van der Waals surface area contributed by atoms with Gasteiger partial charge >= 0.3 is 0 Å². The molecule has 19 heteroatoms. The molecule has 0 radical (unpaired) electrons. The largest absolute Gasteiger partial charge is 0.394 e. The monoisotopic (exact) mass is 1600 g/mol. The first kappa shape index (κ1) is 104. The molecule has 0 spiro atoms. The molecule has 0 saturated carbocycles. The Balaban J connectivity index is 1.30. The van der Waals surface area contributed by atoms with Gasteiger partial charge in [-0.05, 0) is 70.6 Å². The fourth-order valence-electron chi connectivity index (χ4n) is 15.4. The Morgan fingerprint density at radius 1 is 0.327 bits per heavy atom. The van der Waals surface area contributed by atoms with Gasteiger partial charge in [0, 0.05) is 6.42 Å². The average molecular weight is 1600 g/mol. The van der Waals surface area contributed by atoms with Gasteiger partial charge in [-0.3, -0.25) is 4.79 Å². The first-order valence-corrected chi connectivity index (χ1v) is 46.3. The summed E-state index contributed by atoms with van der Waals surface area (Å²) in [5.74, 6) is -0.269. The third-order valence-corrected chi connectivity index (χ3v) is 22.7. The zero-order valence-electron chi connectivity index (χ0n) is 71.1. The van der Waals surface area contributed by atoms with Crippen molar-refractivity contribution in [1.29, 1.82) is 0 Å². The molecule has 3 saturated heterocycles. The van der Waals surface area contributed by atoms with E-state index >= 15 is 0 Å². The smallest absolute Gasteiger partial charge is 0.220 e. The van der Waals surface area contributed by atoms with Crippen LogP contribution in [0.25, 0.3) is 0 Å². The normalized spacial score (nSPS) is 25.2. The van der Waals surface area contributed by atoms with Crippen LogP contribution in [-0.2, 0) is 33.2 Å². The van der Waals surface area contributed by atoms with E-state index in [9.17, 15) is 61.0 Å². The quantitative estimate of drug-likeness (QED) is 0.0199. The maximum absolute atomic E-state index is 13.5. The number of hydrogen-bond acceptors (Lipinski definition) is 18. The van der Waals surface area contributed by atoms with Crippen LogP contribution >= 0.6 is 0 Å². The van der Waals surface area contributed by atoms with Gasteiger partial charge in [-0.1, -0.05) is 381 Å². The van der Waals surface area contributed by atoms with Crippen LogP contribution in [0, 0.1) is 0 Å². The van der Waals surface area contributed by atoms with Crippen LogP contribution in [0.3, 0.4) is 0 Å². The Bertz CT molecular complexity index is 2370. The molecule has 3 aliphatic heterocycles. The number of nitrogens with one attached hydrogen (secondary N) is 1. The predicted molar refractivity (Wildman–Crippen MR) is 457 cm³/mol. The molecule has 0 aliphatic carbocycles. The van der Waals surface area contributed by atoms with E-state index in [0.29, 0.717) is 6.42 Å². The minimum atomic E-state index is -1.98. The summed E-state index contributed by atoms with van der Waals surface area (Å²) in [7, 11) is 0. The van der Waals surface area contributed by atoms with Crippen molar-refractivity contribution in [3.63, 3.8) is 0 Å². The predicted octanol–water partition coefficient (Wildman–Crippen LogP) is 18.1. The molecule has 12 N–H and O–H groups in total. The van der Waals surface area contributed by atoms with Crippen LogP contribution < -0.4 is 5.32 Å². The highest BCUT2D eigenvalue weighted by Gasteiger charge is 2.54. The van der Waals surface area contributed by atoms with E-state index in [4.69, 9.17) is 28.4 Å². The van der Waals surface area contributed by atoms with E-state index in [0.717, 1.165) is 83.5 Å². The second kappa shape index (κ2) is 72.9. The van der Waals surface area contributed by atoms with Crippen LogP contribution in [0.2, 0.25) is 0 Å². The van der Waals surface area contributed by atoms with Crippen LogP contribution in [0.5, 0.6) is 0 Å². The van der Waals surface area contributed by atoms with Crippen molar-refractivity contribution in [1.82, 2.24) is 5.32 Å². The number of aliphatic hydroxyl groups is 11. The molecule has 19 nitrogen and oxygen atoms in total. The summed E-state index contributed by atoms with van der Waals surface area (Å²) < 4.78 is 34.5. The lowest BCUT2D eigenvalue weighted by atomic mass is 9.96. The van der Waals surface area contributed by atoms with Crippen molar-refractivity contribution < 1.29 is 89.4 Å². The second-order valence-electron chi connectivity index (χ2n) is 32.7. The van der Waals surface area contributed by atoms with E-state index in [1.807, 2.05) is 6.08 Å². The molecular formula is C94H169NO18. The van der Waals surface area contributed by atoms with Crippen LogP contribution in [0.15, 0.2) is 85.1 Å². The number of ether oxygens (including phenoxy) is 6. The molecular weight excluding hydrogens is 1430 g/mol. The van der Waals surface area contributed by atoms with Gasteiger partial charge in [0.15, 0.2) is 18.9 Å². The Labute approximate surface area is 686 Å². The van der Waals surface area contributed by atoms with Gasteiger partial charge < -0.3 is 89.9 Å². The molecule has 17 unspecified atom stereocenters. The maximum Gasteiger partial charge on any atom is 0.220 e. The molecule has 3 aliphatic rings. The molecule has 3 rings (SSSR count). The van der Waals surface area contributed by atoms with Gasteiger partial charge in [-0.25, -0.2) is 0 Å². The Morgan fingerprint density at radius 3 is 0.956 bits per heavy atom. The topological polar surface area (TPSA) is 307 Å². The molecule has 0 aromatic rings. The number of carbonyl (C=O) groups excluding carboxylic acids is 1. The van der Waals surface area contributed by atoms with E-state index < -0.39 is 124 Å². The van der Waals surface area contributed by atoms with E-state index in [-0.39, 0.29) is 18.9 Å². The molecule has 113 heavy (non-hydrogen) atoms. The Morgan fingerprint density at radius 2 is 0.611 bits per heavy atom. The van der Waals surface area contributed by atoms with Gasteiger partial charge in [0.1, 0.15) is 73.2 Å². The molecule has 0 aromatic heterocycles. The molecule has 3 fully saturated rings. The number of rotatable bonds is 75. The van der Waals surface area contributed by atoms with Crippen LogP contribution in [0.4, 0.5) is 0 Å². The van der Waals surface area contributed by atoms with Crippen molar-refractivity contribution in [3.8, 4) is 0 Å². The molecule has 0 bridgehead atoms. The van der Waals surface area contributed by atoms with Gasteiger partial charge in [0.2, 0.25) is 5.91 Å². The lowest BCUT2D eigenvalue weighted by molar-refractivity contribution is -0.379. The standard InChI is InChI=1S/C94H169NO18/c1-3-5-7-9-11-13-15-17-19-21-23-25-27-29-31-32-33-34-35-36-37-38-39-40-41-42-43-44-46-48-50-52-54-56-58-60-62-64-66-68-70-72-82(100)95-77(78(99)71-69-67-65-63-61-59-57-55-53-51-49-47-45-30-28-26-24-22-20-18-16-14-12-10-8-6-4-2)76-108-92-88(106)85(103)90(80(74-97)110-92)113-94-89(107)86(104)91(81(75-98)111-94)112-93-87(105)84(102)83(101)79(73-96)109-93/h5,7,11,13,17,19,23,25,29,31,33-34,69,71,77-81,83-94,96-99,101-107H,3-4,6,8-10,12,14-16,18,20-22,24,26-28,30,32,35-68,70,72-76H2,1-2H3,(H,95,100)/b7-5-,13-11-,19-17-,25-23-,31-29-,34-33-,71-69+. The van der Waals surface area contributed by atoms with E-state index in [2.05, 4.69) is 92.1 Å². The fraction of sp³-hybridized carbons (Fsp3) is 0.840. The highest BCUT2D eigenvalue weighted by atomic mass is 16.8. The van der Waals surface area contributed by atoms with Gasteiger partial charge in [-0.15, -0.1) is 0 Å². The summed E-state index contributed by atoms with van der Waals surface area (Å²) >= 11 is 0. The van der Waals surface area contributed by atoms with Crippen molar-refractivity contribution in [2.45, 2.75) is 478 Å². The zero-order chi connectivity index (χ0) is 81.7. The Hall–Kier alpha value is -3.03. The van der Waals surface area contributed by atoms with E-state index in [1.54, 1.807) is 6.08 Å². The maximum atomic E-state index is 13.5. The van der Waals surface area contributed by atoms with Crippen molar-refractivity contribution >= 4 is 5.91 Å². The highest BCUT2D eigenvalue weighted by Crippen LogP contribution is 2.34. The third-order valence-electron chi connectivity index (χ3n) is 22.7. The van der Waals surface area contributed by atoms with Gasteiger partial charge in [0.05, 0.1) is 38.6 Å². The minimum absolute atomic E-state index is 0.245. The number of carbonyl (C=O) groups is 1. The number of unbranched alkanes of at least 4 members (excludes halogenated alkanes) is 47. The van der Waals surface area contributed by atoms with Crippen molar-refractivity contribution in [3.05, 3.63) is 85.1 Å². The SMILES string of the molecule is CC/C=C\C/C=C\C/C=C\C/C=C\C/C=C\C/C=C\CCCCCCCCCCCCCCCCCCCCCCCCC(=O)NC(COC1OC(CO)C(OC2OC(CO)C(OC3OC(CO)C(O)C(O)C3O)C(O)C2O)C(O)C1O)C(O)/C=C/CCCCCCCCCCCCCCCCCCCCCCCCCCC. The first-order valence-electron chi connectivity index (χ1n) is 46.3. The molecule has 1 amide bonds. The summed E-state index contributed by atoms with van der Waals surface area (Å²) in [6, 6.07) is -0.977. The second-order valence-corrected chi connectivity index (χ2v) is 32.7. The highest BCUT2D eigenvalue weighted by molar-refractivity contribution is 5.76. The Kier molecular flexibility index (Phi) is 67.2. The number of aliphatic hydroxyl groups excluding tert-OH is 11. The first-order chi connectivity index (χ1) is 55.3. The van der Waals surface area contributed by atoms with Gasteiger partial charge in [0.25, 0.3) is 0 Å². The van der Waals surface area contributed by atoms with Gasteiger partial charge in [-0.2, -0.15) is 0 Å². The summed E-state index contributed by atoms with van der Waals surface area (Å²) in [6.45, 7) is 1.68. The fourth-order valence-corrected chi connectivity index (χ4v) is 15.4. The number of hydrogen-bond donors (Lipinski definition) is 12. The molecule has 658 valence electrons. The average Bonchev–Trinajstić information content (AvgIpc) is 0.777. The van der Waals surface area contributed by atoms with Crippen LogP contribution in [-0.4, -0.2) is 193 Å². The van der Waals surface area contributed by atoms with Crippen molar-refractivity contribution in [2.24, 2.45) is 0 Å². The van der Waals surface area contributed by atoms with Crippen molar-refractivity contribution in [2.75, 3.05) is 26.4 Å². The summed E-state index contributed by atoms with van der Waals surface area (Å²) in [6.07, 6.45) is 73.1. The number of allylic oxidation sites excluding steroid dienone is 13.